The van der Waals surface area contributed by atoms with E-state index in [2.05, 4.69) is 98.0 Å². The van der Waals surface area contributed by atoms with Gasteiger partial charge in [0.05, 0.1) is 0 Å². The van der Waals surface area contributed by atoms with Crippen LogP contribution in [0.5, 0.6) is 0 Å². The Labute approximate surface area is 162 Å². The van der Waals surface area contributed by atoms with Crippen molar-refractivity contribution in [2.24, 2.45) is 0 Å². The summed E-state index contributed by atoms with van der Waals surface area (Å²) < 4.78 is 0. The molecule has 132 valence electrons. The van der Waals surface area contributed by atoms with E-state index >= 15 is 0 Å². The summed E-state index contributed by atoms with van der Waals surface area (Å²) in [6.07, 6.45) is 4.69. The van der Waals surface area contributed by atoms with Crippen molar-refractivity contribution in [3.8, 4) is 0 Å². The Morgan fingerprint density at radius 1 is 0.667 bits per heavy atom. The van der Waals surface area contributed by atoms with Gasteiger partial charge in [-0.05, 0) is 46.2 Å². The van der Waals surface area contributed by atoms with Crippen LogP contribution in [0, 0.1) is 0 Å². The molecule has 0 atom stereocenters. The first-order valence-corrected chi connectivity index (χ1v) is 12.8. The maximum Gasteiger partial charge on any atom is 0.109 e. The number of hydrogen-bond acceptors (Lipinski definition) is 0. The maximum absolute atomic E-state index is 2.55. The molecule has 3 aromatic carbocycles. The summed E-state index contributed by atoms with van der Waals surface area (Å²) in [5.74, 6) is 0. The molecule has 2 aliphatic carbocycles. The quantitative estimate of drug-likeness (QED) is 0.467. The zero-order valence-electron chi connectivity index (χ0n) is 16.0. The molecule has 0 amide bonds. The van der Waals surface area contributed by atoms with Crippen molar-refractivity contribution < 1.29 is 0 Å². The molecule has 2 aliphatic rings. The van der Waals surface area contributed by atoms with E-state index in [1.165, 1.54) is 33.4 Å². The normalized spacial score (nSPS) is 15.6. The van der Waals surface area contributed by atoms with E-state index in [0.29, 0.717) is 0 Å². The van der Waals surface area contributed by atoms with Gasteiger partial charge >= 0.3 is 0 Å². The average Bonchev–Trinajstić information content (AvgIpc) is 3.31. The summed E-state index contributed by atoms with van der Waals surface area (Å²) in [6.45, 7) is 5.09. The van der Waals surface area contributed by atoms with Crippen LogP contribution in [0.25, 0.3) is 10.8 Å². The fourth-order valence-electron chi connectivity index (χ4n) is 4.87. The third kappa shape index (κ3) is 2.57. The van der Waals surface area contributed by atoms with Crippen LogP contribution in [-0.4, -0.2) is 8.07 Å². The molecule has 0 aromatic heterocycles. The van der Waals surface area contributed by atoms with Gasteiger partial charge in [-0.15, -0.1) is 0 Å². The highest BCUT2D eigenvalue weighted by Crippen LogP contribution is 2.46. The lowest BCUT2D eigenvalue weighted by Gasteiger charge is -2.29. The number of hydrogen-bond donors (Lipinski definition) is 0. The van der Waals surface area contributed by atoms with Crippen molar-refractivity contribution in [3.05, 3.63) is 118 Å². The average molecular weight is 365 g/mol. The molecule has 0 nitrogen and oxygen atoms in total. The molecule has 0 spiro atoms. The summed E-state index contributed by atoms with van der Waals surface area (Å²) in [5.41, 5.74) is 8.76. The van der Waals surface area contributed by atoms with Crippen LogP contribution in [0.15, 0.2) is 90.1 Å². The molecule has 0 heterocycles. The standard InChI is InChI=1S/C26H24Si/c1-27(2,24-17-16-19-10-6-8-14-22(19)24)25-18-21-13-7-9-15-23(21)26(25)20-11-4-3-5-12-20/h3-15,17H,16,18H2,1-2H3. The van der Waals surface area contributed by atoms with E-state index in [0.717, 1.165) is 12.8 Å². The van der Waals surface area contributed by atoms with Gasteiger partial charge in [-0.1, -0.05) is 108 Å². The van der Waals surface area contributed by atoms with Crippen molar-refractivity contribution in [2.45, 2.75) is 25.9 Å². The van der Waals surface area contributed by atoms with Gasteiger partial charge in [-0.25, -0.2) is 0 Å². The Balaban J connectivity index is 1.71. The van der Waals surface area contributed by atoms with Crippen LogP contribution in [0.3, 0.4) is 0 Å². The maximum atomic E-state index is 2.55. The van der Waals surface area contributed by atoms with Crippen LogP contribution in [-0.2, 0) is 12.8 Å². The van der Waals surface area contributed by atoms with Crippen LogP contribution in [0.2, 0.25) is 13.1 Å². The van der Waals surface area contributed by atoms with Crippen LogP contribution >= 0.6 is 0 Å². The van der Waals surface area contributed by atoms with Gasteiger partial charge in [0, 0.05) is 0 Å². The summed E-state index contributed by atoms with van der Waals surface area (Å²) in [5, 5.41) is 3.30. The van der Waals surface area contributed by atoms with Gasteiger partial charge in [0.1, 0.15) is 8.07 Å². The van der Waals surface area contributed by atoms with Gasteiger partial charge in [0.15, 0.2) is 0 Å². The molecule has 0 N–H and O–H groups in total. The molecule has 0 fully saturated rings. The van der Waals surface area contributed by atoms with Crippen molar-refractivity contribution >= 4 is 18.8 Å². The predicted octanol–water partition coefficient (Wildman–Crippen LogP) is 6.47. The van der Waals surface area contributed by atoms with E-state index in [4.69, 9.17) is 0 Å². The SMILES string of the molecule is C[Si](C)(C1=CCc2ccccc21)C1=C(c2ccccc2)c2ccccc2C1. The van der Waals surface area contributed by atoms with E-state index in [1.54, 1.807) is 10.4 Å². The molecule has 0 unspecified atom stereocenters. The molecule has 0 saturated carbocycles. The topological polar surface area (TPSA) is 0 Å². The Morgan fingerprint density at radius 2 is 1.30 bits per heavy atom. The highest BCUT2D eigenvalue weighted by molar-refractivity contribution is 7.01. The molecule has 1 heteroatoms. The molecule has 0 aliphatic heterocycles. The number of allylic oxidation sites excluding steroid dienone is 2. The molecular formula is C26H24Si. The second kappa shape index (κ2) is 6.21. The zero-order valence-corrected chi connectivity index (χ0v) is 17.0. The van der Waals surface area contributed by atoms with E-state index < -0.39 is 8.07 Å². The Kier molecular flexibility index (Phi) is 3.80. The summed E-state index contributed by atoms with van der Waals surface area (Å²) >= 11 is 0. The fourth-order valence-corrected chi connectivity index (χ4v) is 8.26. The number of rotatable bonds is 3. The second-order valence-corrected chi connectivity index (χ2v) is 12.5. The second-order valence-electron chi connectivity index (χ2n) is 8.16. The lowest BCUT2D eigenvalue weighted by Crippen LogP contribution is -2.32. The zero-order chi connectivity index (χ0) is 18.4. The van der Waals surface area contributed by atoms with Crippen LogP contribution in [0.1, 0.15) is 27.8 Å². The molecule has 0 bridgehead atoms. The first-order chi connectivity index (χ1) is 13.2. The Morgan fingerprint density at radius 3 is 2.07 bits per heavy atom. The van der Waals surface area contributed by atoms with Gasteiger partial charge in [-0.3, -0.25) is 0 Å². The summed E-state index contributed by atoms with van der Waals surface area (Å²) in [4.78, 5) is 0. The highest BCUT2D eigenvalue weighted by atomic mass is 28.3. The molecule has 3 aromatic rings. The fraction of sp³-hybridized carbons (Fsp3) is 0.154. The minimum Gasteiger partial charge on any atom is -0.0798 e. The van der Waals surface area contributed by atoms with Crippen molar-refractivity contribution in [3.63, 3.8) is 0 Å². The third-order valence-corrected chi connectivity index (χ3v) is 10.0. The van der Waals surface area contributed by atoms with Crippen molar-refractivity contribution in [1.82, 2.24) is 0 Å². The monoisotopic (exact) mass is 364 g/mol. The van der Waals surface area contributed by atoms with Crippen LogP contribution in [0.4, 0.5) is 0 Å². The summed E-state index contributed by atoms with van der Waals surface area (Å²) in [7, 11) is -1.79. The smallest absolute Gasteiger partial charge is 0.0798 e. The molecule has 27 heavy (non-hydrogen) atoms. The van der Waals surface area contributed by atoms with Gasteiger partial charge in [-0.2, -0.15) is 0 Å². The van der Waals surface area contributed by atoms with E-state index in [9.17, 15) is 0 Å². The van der Waals surface area contributed by atoms with Gasteiger partial charge < -0.3 is 0 Å². The number of fused-ring (bicyclic) bond motifs is 2. The molecule has 5 rings (SSSR count). The Hall–Kier alpha value is -2.64. The molecule has 0 radical (unpaired) electrons. The highest BCUT2D eigenvalue weighted by Gasteiger charge is 2.39. The number of benzene rings is 3. The lowest BCUT2D eigenvalue weighted by molar-refractivity contribution is 1.27. The van der Waals surface area contributed by atoms with Crippen molar-refractivity contribution in [1.29, 1.82) is 0 Å². The van der Waals surface area contributed by atoms with Gasteiger partial charge in [0.25, 0.3) is 0 Å². The minimum absolute atomic E-state index is 1.09. The third-order valence-electron chi connectivity index (χ3n) is 6.28. The minimum atomic E-state index is -1.79. The molecular weight excluding hydrogens is 340 g/mol. The van der Waals surface area contributed by atoms with E-state index in [-0.39, 0.29) is 0 Å². The van der Waals surface area contributed by atoms with Gasteiger partial charge in [0.2, 0.25) is 0 Å². The lowest BCUT2D eigenvalue weighted by atomic mass is 9.99. The first-order valence-electron chi connectivity index (χ1n) is 9.82. The van der Waals surface area contributed by atoms with Crippen molar-refractivity contribution in [2.75, 3.05) is 0 Å². The Bertz CT molecular complexity index is 1080. The summed E-state index contributed by atoms with van der Waals surface area (Å²) in [6, 6.07) is 29.0. The largest absolute Gasteiger partial charge is 0.109 e. The van der Waals surface area contributed by atoms with Crippen LogP contribution < -0.4 is 0 Å². The molecule has 0 saturated heterocycles. The first kappa shape index (κ1) is 16.5. The predicted molar refractivity (Wildman–Crippen MR) is 118 cm³/mol. The van der Waals surface area contributed by atoms with E-state index in [1.807, 2.05) is 0 Å².